The first kappa shape index (κ1) is 23.8. The van der Waals surface area contributed by atoms with E-state index in [0.717, 1.165) is 12.1 Å². The van der Waals surface area contributed by atoms with Crippen LogP contribution in [0.25, 0.3) is 22.3 Å². The molecule has 2 unspecified atom stereocenters. The summed E-state index contributed by atoms with van der Waals surface area (Å²) in [5.41, 5.74) is -0.488. The molecule has 3 aromatic rings. The number of aliphatic hydroxyl groups excluding tert-OH is 4. The van der Waals surface area contributed by atoms with E-state index in [-0.39, 0.29) is 39.5 Å². The maximum absolute atomic E-state index is 13.0. The molecule has 0 spiro atoms. The minimum absolute atomic E-state index is 0.0168. The average Bonchev–Trinajstić information content (AvgIpc) is 2.83. The lowest BCUT2D eigenvalue weighted by Gasteiger charge is -2.40. The Labute approximate surface area is 192 Å². The Morgan fingerprint density at radius 2 is 1.62 bits per heavy atom. The molecule has 1 aliphatic heterocycles. The van der Waals surface area contributed by atoms with Crippen molar-refractivity contribution in [2.24, 2.45) is 0 Å². The number of aromatic hydroxyl groups is 2. The zero-order valence-electron chi connectivity index (χ0n) is 18.2. The number of methoxy groups -OCH3 is 2. The van der Waals surface area contributed by atoms with Gasteiger partial charge in [0.2, 0.25) is 0 Å². The van der Waals surface area contributed by atoms with Crippen LogP contribution in [0.1, 0.15) is 11.7 Å². The molecule has 5 atom stereocenters. The topological polar surface area (TPSA) is 179 Å². The molecular weight excluding hydrogens is 452 g/mol. The SMILES string of the molecule is COc1cc(-c2cc(=O)c3c(O)cc(OC)c([C@@H]4OC(CO)[C@H](O)[C@H](O)C4O)c3o2)ccc1O. The minimum Gasteiger partial charge on any atom is -0.507 e. The van der Waals surface area contributed by atoms with E-state index in [2.05, 4.69) is 0 Å². The number of ether oxygens (including phenoxy) is 3. The Hall–Kier alpha value is -3.35. The zero-order valence-corrected chi connectivity index (χ0v) is 18.2. The van der Waals surface area contributed by atoms with Gasteiger partial charge in [0.05, 0.1) is 26.4 Å². The minimum atomic E-state index is -1.69. The Morgan fingerprint density at radius 3 is 2.26 bits per heavy atom. The lowest BCUT2D eigenvalue weighted by molar-refractivity contribution is -0.231. The molecule has 1 aliphatic rings. The largest absolute Gasteiger partial charge is 0.507 e. The van der Waals surface area contributed by atoms with Gasteiger partial charge >= 0.3 is 0 Å². The van der Waals surface area contributed by atoms with Crippen molar-refractivity contribution in [2.75, 3.05) is 20.8 Å². The Morgan fingerprint density at radius 1 is 0.912 bits per heavy atom. The van der Waals surface area contributed by atoms with E-state index in [1.807, 2.05) is 0 Å². The predicted octanol–water partition coefficient (Wildman–Crippen LogP) is 0.403. The third kappa shape index (κ3) is 3.83. The molecule has 0 amide bonds. The van der Waals surface area contributed by atoms with Gasteiger partial charge < -0.3 is 49.3 Å². The lowest BCUT2D eigenvalue weighted by atomic mass is 9.89. The van der Waals surface area contributed by atoms with E-state index in [4.69, 9.17) is 18.6 Å². The summed E-state index contributed by atoms with van der Waals surface area (Å²) in [5.74, 6) is -0.449. The molecule has 0 aliphatic carbocycles. The maximum Gasteiger partial charge on any atom is 0.197 e. The predicted molar refractivity (Wildman–Crippen MR) is 117 cm³/mol. The first-order chi connectivity index (χ1) is 16.2. The fourth-order valence-electron chi connectivity index (χ4n) is 4.06. The second-order valence-electron chi connectivity index (χ2n) is 7.83. The van der Waals surface area contributed by atoms with Crippen molar-refractivity contribution >= 4 is 11.0 Å². The summed E-state index contributed by atoms with van der Waals surface area (Å²) in [5, 5.41) is 60.8. The lowest BCUT2D eigenvalue weighted by Crippen LogP contribution is -2.55. The molecule has 0 saturated carbocycles. The molecular formula is C23H24O11. The highest BCUT2D eigenvalue weighted by Crippen LogP contribution is 2.44. The average molecular weight is 476 g/mol. The maximum atomic E-state index is 13.0. The fraction of sp³-hybridized carbons (Fsp3) is 0.348. The summed E-state index contributed by atoms with van der Waals surface area (Å²) >= 11 is 0. The highest BCUT2D eigenvalue weighted by molar-refractivity contribution is 5.89. The zero-order chi connectivity index (χ0) is 24.7. The number of aliphatic hydroxyl groups is 4. The molecule has 11 nitrogen and oxygen atoms in total. The van der Waals surface area contributed by atoms with Gasteiger partial charge in [-0.25, -0.2) is 0 Å². The highest BCUT2D eigenvalue weighted by atomic mass is 16.5. The van der Waals surface area contributed by atoms with Gasteiger partial charge in [-0.15, -0.1) is 0 Å². The standard InChI is InChI=1S/C23H24O11/c1-31-14-5-9(3-4-10(14)25)13-6-11(26)17-12(27)7-15(32-2)18(22(17)33-13)23-21(30)20(29)19(28)16(8-24)34-23/h3-7,16,19-21,23-25,27-30H,8H2,1-2H3/t16?,19-,20-,21?,23-/m0/s1. The summed E-state index contributed by atoms with van der Waals surface area (Å²) in [6.45, 7) is -0.664. The quantitative estimate of drug-likeness (QED) is 0.300. The number of rotatable bonds is 5. The third-order valence-electron chi connectivity index (χ3n) is 5.84. The van der Waals surface area contributed by atoms with Crippen molar-refractivity contribution in [3.8, 4) is 34.3 Å². The van der Waals surface area contributed by atoms with Gasteiger partial charge in [0.1, 0.15) is 53.2 Å². The Kier molecular flexibility index (Phi) is 6.39. The van der Waals surface area contributed by atoms with Crippen LogP contribution in [0.2, 0.25) is 0 Å². The Bertz CT molecular complexity index is 1270. The number of benzene rings is 2. The number of hydrogen-bond acceptors (Lipinski definition) is 11. The molecule has 2 aromatic carbocycles. The van der Waals surface area contributed by atoms with Crippen LogP contribution in [0.5, 0.6) is 23.0 Å². The second-order valence-corrected chi connectivity index (χ2v) is 7.83. The van der Waals surface area contributed by atoms with Crippen LogP contribution in [0.15, 0.2) is 39.5 Å². The van der Waals surface area contributed by atoms with E-state index in [1.165, 1.54) is 32.4 Å². The van der Waals surface area contributed by atoms with Gasteiger partial charge in [-0.3, -0.25) is 4.79 Å². The van der Waals surface area contributed by atoms with E-state index < -0.39 is 48.3 Å². The highest BCUT2D eigenvalue weighted by Gasteiger charge is 2.46. The van der Waals surface area contributed by atoms with E-state index >= 15 is 0 Å². The smallest absolute Gasteiger partial charge is 0.197 e. The molecule has 1 aromatic heterocycles. The molecule has 11 heteroatoms. The molecule has 182 valence electrons. The van der Waals surface area contributed by atoms with Crippen molar-refractivity contribution in [2.45, 2.75) is 30.5 Å². The molecule has 4 rings (SSSR count). The van der Waals surface area contributed by atoms with Gasteiger partial charge in [0, 0.05) is 17.7 Å². The Balaban J connectivity index is 1.99. The van der Waals surface area contributed by atoms with Gasteiger partial charge in [0.25, 0.3) is 0 Å². The van der Waals surface area contributed by atoms with Crippen molar-refractivity contribution < 1.29 is 49.3 Å². The molecule has 0 bridgehead atoms. The van der Waals surface area contributed by atoms with Crippen LogP contribution >= 0.6 is 0 Å². The van der Waals surface area contributed by atoms with Crippen LogP contribution in [-0.2, 0) is 4.74 Å². The van der Waals surface area contributed by atoms with Crippen LogP contribution in [0.4, 0.5) is 0 Å². The molecule has 2 heterocycles. The monoisotopic (exact) mass is 476 g/mol. The van der Waals surface area contributed by atoms with E-state index in [1.54, 1.807) is 0 Å². The summed E-state index contributed by atoms with van der Waals surface area (Å²) in [7, 11) is 2.64. The first-order valence-electron chi connectivity index (χ1n) is 10.3. The molecule has 0 radical (unpaired) electrons. The van der Waals surface area contributed by atoms with Gasteiger partial charge in [-0.05, 0) is 18.2 Å². The summed E-state index contributed by atoms with van der Waals surface area (Å²) < 4.78 is 22.1. The van der Waals surface area contributed by atoms with Crippen LogP contribution in [0, 0.1) is 0 Å². The summed E-state index contributed by atoms with van der Waals surface area (Å²) in [6.07, 6.45) is -7.62. The third-order valence-corrected chi connectivity index (χ3v) is 5.84. The van der Waals surface area contributed by atoms with Gasteiger partial charge in [-0.2, -0.15) is 0 Å². The molecule has 34 heavy (non-hydrogen) atoms. The van der Waals surface area contributed by atoms with E-state index in [0.29, 0.717) is 5.56 Å². The fourth-order valence-corrected chi connectivity index (χ4v) is 4.06. The summed E-state index contributed by atoms with van der Waals surface area (Å²) in [6, 6.07) is 6.54. The molecule has 6 N–H and O–H groups in total. The summed E-state index contributed by atoms with van der Waals surface area (Å²) in [4.78, 5) is 13.0. The van der Waals surface area contributed by atoms with Crippen molar-refractivity contribution in [3.05, 3.63) is 46.1 Å². The number of phenolic OH excluding ortho intramolecular Hbond substituents is 2. The van der Waals surface area contributed by atoms with Gasteiger partial charge in [-0.1, -0.05) is 0 Å². The molecule has 1 saturated heterocycles. The van der Waals surface area contributed by atoms with Gasteiger partial charge in [0.15, 0.2) is 22.5 Å². The van der Waals surface area contributed by atoms with Crippen LogP contribution in [0.3, 0.4) is 0 Å². The number of fused-ring (bicyclic) bond motifs is 1. The first-order valence-corrected chi connectivity index (χ1v) is 10.3. The van der Waals surface area contributed by atoms with Crippen LogP contribution < -0.4 is 14.9 Å². The normalized spacial score (nSPS) is 24.8. The van der Waals surface area contributed by atoms with Crippen LogP contribution in [-0.4, -0.2) is 75.9 Å². The van der Waals surface area contributed by atoms with Crippen molar-refractivity contribution in [1.29, 1.82) is 0 Å². The molecule has 1 fully saturated rings. The second kappa shape index (κ2) is 9.12. The number of hydrogen-bond donors (Lipinski definition) is 6. The van der Waals surface area contributed by atoms with E-state index in [9.17, 15) is 35.4 Å². The van der Waals surface area contributed by atoms with Crippen molar-refractivity contribution in [1.82, 2.24) is 0 Å². The number of phenols is 2. The van der Waals surface area contributed by atoms with Crippen molar-refractivity contribution in [3.63, 3.8) is 0 Å².